The number of rotatable bonds is 12. The summed E-state index contributed by atoms with van der Waals surface area (Å²) in [4.78, 5) is 40.9. The smallest absolute Gasteiger partial charge is 0.155 e. The molecule has 3 atom stereocenters. The number of carbonyl (C=O) groups is 4. The van der Waals surface area contributed by atoms with Crippen molar-refractivity contribution in [1.82, 2.24) is 0 Å². The number of carbonyl (C=O) groups excluding carboxylic acids is 4. The molecule has 0 radical (unpaired) electrons. The summed E-state index contributed by atoms with van der Waals surface area (Å²) in [6, 6.07) is 0. The third kappa shape index (κ3) is 32.7. The number of hydrogen-bond donors (Lipinski definition) is 2. The molecule has 6 heteroatoms. The van der Waals surface area contributed by atoms with Gasteiger partial charge in [0.1, 0.15) is 18.4 Å². The minimum Gasteiger partial charge on any atom is -0.393 e. The van der Waals surface area contributed by atoms with Gasteiger partial charge in [-0.2, -0.15) is 0 Å². The molecule has 0 aliphatic heterocycles. The summed E-state index contributed by atoms with van der Waals surface area (Å²) in [6.45, 7) is 14.9. The highest BCUT2D eigenvalue weighted by Gasteiger charge is 2.08. The van der Waals surface area contributed by atoms with Gasteiger partial charge in [0.2, 0.25) is 0 Å². The first-order valence-corrected chi connectivity index (χ1v) is 11.7. The molecule has 0 aromatic heterocycles. The lowest BCUT2D eigenvalue weighted by Crippen LogP contribution is -2.16. The molecule has 0 saturated carbocycles. The predicted octanol–water partition coefficient (Wildman–Crippen LogP) is 5.19. The van der Waals surface area contributed by atoms with Crippen LogP contribution in [0.5, 0.6) is 0 Å². The number of ketones is 2. The molecule has 0 rings (SSSR count). The van der Waals surface area contributed by atoms with Gasteiger partial charge in [-0.15, -0.1) is 0 Å². The van der Waals surface area contributed by atoms with E-state index in [0.717, 1.165) is 31.0 Å². The molecule has 2 N–H and O–H groups in total. The lowest BCUT2D eigenvalue weighted by Gasteiger charge is -2.08. The van der Waals surface area contributed by atoms with Crippen molar-refractivity contribution in [2.75, 3.05) is 0 Å². The van der Waals surface area contributed by atoms with Crippen molar-refractivity contribution in [3.63, 3.8) is 0 Å². The van der Waals surface area contributed by atoms with Crippen LogP contribution in [-0.4, -0.2) is 46.6 Å². The summed E-state index contributed by atoms with van der Waals surface area (Å²) in [7, 11) is 0. The second-order valence-electron chi connectivity index (χ2n) is 7.23. The zero-order valence-electron chi connectivity index (χ0n) is 21.6. The monoisotopic (exact) mass is 456 g/mol. The van der Waals surface area contributed by atoms with E-state index < -0.39 is 12.2 Å². The molecule has 0 aromatic rings. The van der Waals surface area contributed by atoms with Gasteiger partial charge < -0.3 is 15.0 Å². The average molecular weight is 457 g/mol. The van der Waals surface area contributed by atoms with Crippen molar-refractivity contribution in [2.24, 2.45) is 5.92 Å². The Morgan fingerprint density at radius 2 is 1.44 bits per heavy atom. The van der Waals surface area contributed by atoms with Crippen LogP contribution in [-0.2, 0) is 19.2 Å². The normalized spacial score (nSPS) is 13.1. The molecular weight excluding hydrogens is 408 g/mol. The Morgan fingerprint density at radius 3 is 1.69 bits per heavy atom. The fourth-order valence-corrected chi connectivity index (χ4v) is 1.75. The minimum absolute atomic E-state index is 0.143. The first-order valence-electron chi connectivity index (χ1n) is 11.7. The topological polar surface area (TPSA) is 109 Å². The number of Topliss-reactive ketones (excluding diaryl/α,β-unsaturated/α-hetero) is 1. The average Bonchev–Trinajstić information content (AvgIpc) is 2.82. The molecule has 0 heterocycles. The quantitative estimate of drug-likeness (QED) is 0.309. The maximum Gasteiger partial charge on any atom is 0.155 e. The van der Waals surface area contributed by atoms with Gasteiger partial charge in [-0.25, -0.2) is 0 Å². The summed E-state index contributed by atoms with van der Waals surface area (Å²) in [5, 5.41) is 17.8. The van der Waals surface area contributed by atoms with Gasteiger partial charge >= 0.3 is 0 Å². The molecule has 0 bridgehead atoms. The summed E-state index contributed by atoms with van der Waals surface area (Å²) >= 11 is 0. The highest BCUT2D eigenvalue weighted by molar-refractivity contribution is 5.89. The molecule has 0 aliphatic rings. The number of aliphatic hydroxyl groups excluding tert-OH is 2. The van der Waals surface area contributed by atoms with Crippen molar-refractivity contribution in [3.8, 4) is 0 Å². The van der Waals surface area contributed by atoms with Crippen LogP contribution in [0.4, 0.5) is 0 Å². The van der Waals surface area contributed by atoms with Crippen LogP contribution in [0.2, 0.25) is 0 Å². The van der Waals surface area contributed by atoms with Crippen LogP contribution in [0.25, 0.3) is 0 Å². The molecule has 0 amide bonds. The number of allylic oxidation sites excluding steroid dienone is 4. The van der Waals surface area contributed by atoms with Crippen molar-refractivity contribution in [1.29, 1.82) is 0 Å². The number of aliphatic hydroxyl groups is 2. The molecule has 0 fully saturated rings. The van der Waals surface area contributed by atoms with Crippen LogP contribution in [0.3, 0.4) is 0 Å². The predicted molar refractivity (Wildman–Crippen MR) is 133 cm³/mol. The maximum absolute atomic E-state index is 10.6. The van der Waals surface area contributed by atoms with Crippen molar-refractivity contribution >= 4 is 24.1 Å². The molecule has 0 aliphatic carbocycles. The third-order valence-electron chi connectivity index (χ3n) is 4.17. The van der Waals surface area contributed by atoms with E-state index in [1.165, 1.54) is 0 Å². The molecule has 6 nitrogen and oxygen atoms in total. The zero-order valence-corrected chi connectivity index (χ0v) is 21.6. The van der Waals surface area contributed by atoms with E-state index in [9.17, 15) is 19.2 Å². The first kappa shape index (κ1) is 37.4. The second kappa shape index (κ2) is 29.1. The fraction of sp³-hybridized carbons (Fsp3) is 0.692. The van der Waals surface area contributed by atoms with Gasteiger partial charge in [0.15, 0.2) is 5.78 Å². The Kier molecular flexibility index (Phi) is 34.0. The Morgan fingerprint density at radius 1 is 0.875 bits per heavy atom. The van der Waals surface area contributed by atoms with E-state index >= 15 is 0 Å². The van der Waals surface area contributed by atoms with E-state index in [2.05, 4.69) is 0 Å². The number of hydrogen-bond acceptors (Lipinski definition) is 6. The molecular formula is C26H48O6. The molecule has 0 spiro atoms. The van der Waals surface area contributed by atoms with E-state index in [1.807, 2.05) is 53.7 Å². The Hall–Kier alpha value is -1.92. The minimum atomic E-state index is -0.451. The van der Waals surface area contributed by atoms with Crippen LogP contribution in [0.1, 0.15) is 100 Å². The van der Waals surface area contributed by atoms with Crippen LogP contribution in [0.15, 0.2) is 23.8 Å². The fourth-order valence-electron chi connectivity index (χ4n) is 1.75. The highest BCUT2D eigenvalue weighted by atomic mass is 16.3. The highest BCUT2D eigenvalue weighted by Crippen LogP contribution is 2.01. The van der Waals surface area contributed by atoms with Crippen molar-refractivity contribution in [3.05, 3.63) is 23.8 Å². The second-order valence-corrected chi connectivity index (χ2v) is 7.23. The van der Waals surface area contributed by atoms with Gasteiger partial charge in [0.25, 0.3) is 0 Å². The van der Waals surface area contributed by atoms with E-state index in [-0.39, 0.29) is 17.5 Å². The summed E-state index contributed by atoms with van der Waals surface area (Å²) in [5.41, 5.74) is 0.822. The number of aldehydes is 2. The Labute approximate surface area is 196 Å². The van der Waals surface area contributed by atoms with Gasteiger partial charge in [0.05, 0.1) is 12.2 Å². The lowest BCUT2D eigenvalue weighted by molar-refractivity contribution is -0.120. The van der Waals surface area contributed by atoms with Crippen LogP contribution in [0, 0.1) is 5.92 Å². The SMILES string of the molecule is CCC(=O)CC(O)CC.CCC(O)C(C)C=O.CCC=C(C)C=O.CCC=CC(=O)CC. The van der Waals surface area contributed by atoms with Gasteiger partial charge in [0, 0.05) is 25.2 Å². The van der Waals surface area contributed by atoms with Gasteiger partial charge in [-0.3, -0.25) is 14.4 Å². The lowest BCUT2D eigenvalue weighted by atomic mass is 10.1. The largest absolute Gasteiger partial charge is 0.393 e. The summed E-state index contributed by atoms with van der Waals surface area (Å²) in [6.07, 6.45) is 10.9. The molecule has 0 aromatic carbocycles. The maximum atomic E-state index is 10.6. The summed E-state index contributed by atoms with van der Waals surface area (Å²) < 4.78 is 0. The molecule has 188 valence electrons. The Balaban J connectivity index is -0.000000164. The van der Waals surface area contributed by atoms with E-state index in [0.29, 0.717) is 32.1 Å². The van der Waals surface area contributed by atoms with Crippen molar-refractivity contribution in [2.45, 2.75) is 113 Å². The molecule has 32 heavy (non-hydrogen) atoms. The first-order chi connectivity index (χ1) is 15.0. The summed E-state index contributed by atoms with van der Waals surface area (Å²) in [5.74, 6) is 0.149. The van der Waals surface area contributed by atoms with E-state index in [4.69, 9.17) is 10.2 Å². The van der Waals surface area contributed by atoms with E-state index in [1.54, 1.807) is 19.9 Å². The Bertz CT molecular complexity index is 522. The standard InChI is InChI=1S/C7H14O2.C7H12O.C6H12O2.C6H10O/c1-3-6(8)5-7(9)4-2;1-3-5-6-7(8)4-2;1-3-6(8)5(2)4-7;1-3-4-6(2)5-7/h6,8H,3-5H2,1-2H3;5-6H,3-4H2,1-2H3;4-6,8H,3H2,1-2H3;4-5H,3H2,1-2H3. The molecule has 0 saturated heterocycles. The third-order valence-corrected chi connectivity index (χ3v) is 4.17. The zero-order chi connectivity index (χ0) is 25.9. The van der Waals surface area contributed by atoms with Crippen molar-refractivity contribution < 1.29 is 29.4 Å². The van der Waals surface area contributed by atoms with Gasteiger partial charge in [-0.1, -0.05) is 60.6 Å². The van der Waals surface area contributed by atoms with Crippen LogP contribution < -0.4 is 0 Å². The van der Waals surface area contributed by atoms with Crippen LogP contribution >= 0.6 is 0 Å². The molecule has 3 unspecified atom stereocenters. The van der Waals surface area contributed by atoms with Gasteiger partial charge in [-0.05, 0) is 44.3 Å².